The smallest absolute Gasteiger partial charge is 0.163 e. The van der Waals surface area contributed by atoms with Crippen LogP contribution in [-0.4, -0.2) is 17.5 Å². The summed E-state index contributed by atoms with van der Waals surface area (Å²) in [5, 5.41) is 12.5. The second-order valence-corrected chi connectivity index (χ2v) is 8.08. The molecule has 0 N–H and O–H groups in total. The SMILES string of the molecule is C[C@@](C#N)(N=Cc1ccc2ccccc2c1)[C@@H](CC(=O)c1ccccc1)c1ccccc1. The van der Waals surface area contributed by atoms with Gasteiger partial charge in [-0.25, -0.2) is 0 Å². The number of hydrogen-bond acceptors (Lipinski definition) is 3. The van der Waals surface area contributed by atoms with Crippen LogP contribution in [-0.2, 0) is 0 Å². The molecule has 0 aromatic heterocycles. The molecule has 0 saturated heterocycles. The average Bonchev–Trinajstić information content (AvgIpc) is 2.86. The van der Waals surface area contributed by atoms with Crippen LogP contribution >= 0.6 is 0 Å². The van der Waals surface area contributed by atoms with Crippen molar-refractivity contribution in [2.75, 3.05) is 0 Å². The minimum Gasteiger partial charge on any atom is -0.294 e. The first-order valence-corrected chi connectivity index (χ1v) is 10.7. The van der Waals surface area contributed by atoms with E-state index in [1.54, 1.807) is 13.1 Å². The maximum absolute atomic E-state index is 13.1. The van der Waals surface area contributed by atoms with Gasteiger partial charge in [-0.15, -0.1) is 0 Å². The van der Waals surface area contributed by atoms with Crippen LogP contribution < -0.4 is 0 Å². The van der Waals surface area contributed by atoms with Crippen LogP contribution in [0.5, 0.6) is 0 Å². The number of carbonyl (C=O) groups excluding carboxylic acids is 1. The third kappa shape index (κ3) is 4.66. The Morgan fingerprint density at radius 3 is 2.22 bits per heavy atom. The number of ketones is 1. The van der Waals surface area contributed by atoms with Crippen LogP contribution in [0.25, 0.3) is 10.8 Å². The lowest BCUT2D eigenvalue weighted by atomic mass is 9.78. The molecule has 156 valence electrons. The van der Waals surface area contributed by atoms with Gasteiger partial charge in [0.2, 0.25) is 0 Å². The predicted octanol–water partition coefficient (Wildman–Crippen LogP) is 6.60. The molecule has 0 aliphatic heterocycles. The van der Waals surface area contributed by atoms with Gasteiger partial charge in [-0.3, -0.25) is 9.79 Å². The number of Topliss-reactive ketones (excluding diaryl/α,β-unsaturated/α-hetero) is 1. The van der Waals surface area contributed by atoms with Gasteiger partial charge in [0.1, 0.15) is 0 Å². The summed E-state index contributed by atoms with van der Waals surface area (Å²) in [6.07, 6.45) is 1.95. The van der Waals surface area contributed by atoms with Crippen molar-refractivity contribution in [1.82, 2.24) is 0 Å². The summed E-state index contributed by atoms with van der Waals surface area (Å²) in [5.41, 5.74) is 1.40. The van der Waals surface area contributed by atoms with Crippen molar-refractivity contribution in [3.05, 3.63) is 120 Å². The number of rotatable bonds is 7. The third-order valence-corrected chi connectivity index (χ3v) is 5.85. The fourth-order valence-electron chi connectivity index (χ4n) is 3.95. The Morgan fingerprint density at radius 2 is 1.53 bits per heavy atom. The average molecular weight is 417 g/mol. The first-order valence-electron chi connectivity index (χ1n) is 10.7. The zero-order valence-corrected chi connectivity index (χ0v) is 18.0. The van der Waals surface area contributed by atoms with Crippen LogP contribution in [0.1, 0.15) is 40.7 Å². The van der Waals surface area contributed by atoms with Gasteiger partial charge in [-0.05, 0) is 34.9 Å². The number of nitriles is 1. The third-order valence-electron chi connectivity index (χ3n) is 5.85. The molecule has 0 aliphatic rings. The molecule has 0 aliphatic carbocycles. The molecule has 0 spiro atoms. The predicted molar refractivity (Wildman–Crippen MR) is 130 cm³/mol. The quantitative estimate of drug-likeness (QED) is 0.252. The maximum atomic E-state index is 13.1. The Morgan fingerprint density at radius 1 is 0.906 bits per heavy atom. The van der Waals surface area contributed by atoms with Gasteiger partial charge in [0, 0.05) is 24.1 Å². The molecule has 0 unspecified atom stereocenters. The number of hydrogen-bond donors (Lipinski definition) is 0. The summed E-state index contributed by atoms with van der Waals surface area (Å²) in [7, 11) is 0. The minimum absolute atomic E-state index is 0.00170. The van der Waals surface area contributed by atoms with Crippen LogP contribution in [0.4, 0.5) is 0 Å². The summed E-state index contributed by atoms with van der Waals surface area (Å²) in [6, 6.07) is 35.6. The normalized spacial score (nSPS) is 14.0. The Kier molecular flexibility index (Phi) is 6.24. The van der Waals surface area contributed by atoms with Crippen LogP contribution in [0.15, 0.2) is 108 Å². The molecular weight excluding hydrogens is 392 g/mol. The highest BCUT2D eigenvalue weighted by Crippen LogP contribution is 2.35. The van der Waals surface area contributed by atoms with E-state index in [0.717, 1.165) is 21.9 Å². The summed E-state index contributed by atoms with van der Waals surface area (Å²) in [6.45, 7) is 1.81. The van der Waals surface area contributed by atoms with Crippen molar-refractivity contribution < 1.29 is 4.79 Å². The van der Waals surface area contributed by atoms with E-state index >= 15 is 0 Å². The van der Waals surface area contributed by atoms with Gasteiger partial charge in [0.25, 0.3) is 0 Å². The van der Waals surface area contributed by atoms with Crippen molar-refractivity contribution in [3.63, 3.8) is 0 Å². The van der Waals surface area contributed by atoms with Gasteiger partial charge < -0.3 is 0 Å². The topological polar surface area (TPSA) is 53.2 Å². The van der Waals surface area contributed by atoms with E-state index < -0.39 is 5.54 Å². The molecule has 0 radical (unpaired) electrons. The fraction of sp³-hybridized carbons (Fsp3) is 0.138. The lowest BCUT2D eigenvalue weighted by molar-refractivity contribution is 0.0966. The summed E-state index contributed by atoms with van der Waals surface area (Å²) < 4.78 is 0. The number of fused-ring (bicyclic) bond motifs is 1. The summed E-state index contributed by atoms with van der Waals surface area (Å²) >= 11 is 0. The van der Waals surface area contributed by atoms with Crippen molar-refractivity contribution in [3.8, 4) is 6.07 Å². The monoisotopic (exact) mass is 416 g/mol. The number of aliphatic imine (C=N–C) groups is 1. The van der Waals surface area contributed by atoms with Gasteiger partial charge in [0.05, 0.1) is 6.07 Å². The fourth-order valence-corrected chi connectivity index (χ4v) is 3.95. The van der Waals surface area contributed by atoms with Crippen LogP contribution in [0.2, 0.25) is 0 Å². The van der Waals surface area contributed by atoms with Gasteiger partial charge in [0.15, 0.2) is 11.3 Å². The molecule has 0 bridgehead atoms. The molecule has 2 atom stereocenters. The maximum Gasteiger partial charge on any atom is 0.163 e. The minimum atomic E-state index is -1.10. The highest BCUT2D eigenvalue weighted by Gasteiger charge is 2.36. The summed E-state index contributed by atoms with van der Waals surface area (Å²) in [4.78, 5) is 17.8. The first-order chi connectivity index (χ1) is 15.6. The lowest BCUT2D eigenvalue weighted by Gasteiger charge is -2.28. The van der Waals surface area contributed by atoms with Crippen molar-refractivity contribution >= 4 is 22.8 Å². The second-order valence-electron chi connectivity index (χ2n) is 8.08. The first kappa shape index (κ1) is 21.2. The van der Waals surface area contributed by atoms with Crippen LogP contribution in [0.3, 0.4) is 0 Å². The largest absolute Gasteiger partial charge is 0.294 e. The second kappa shape index (κ2) is 9.41. The molecular formula is C29H24N2O. The highest BCUT2D eigenvalue weighted by atomic mass is 16.1. The van der Waals surface area contributed by atoms with E-state index in [2.05, 4.69) is 24.3 Å². The number of benzene rings is 4. The molecule has 3 nitrogen and oxygen atoms in total. The highest BCUT2D eigenvalue weighted by molar-refractivity contribution is 5.96. The molecule has 3 heteroatoms. The number of nitrogens with zero attached hydrogens (tertiary/aromatic N) is 2. The van der Waals surface area contributed by atoms with Crippen molar-refractivity contribution in [2.45, 2.75) is 24.8 Å². The van der Waals surface area contributed by atoms with E-state index in [-0.39, 0.29) is 18.1 Å². The zero-order chi connectivity index (χ0) is 22.4. The molecule has 0 amide bonds. The Bertz CT molecular complexity index is 1290. The van der Waals surface area contributed by atoms with Crippen molar-refractivity contribution in [1.29, 1.82) is 5.26 Å². The van der Waals surface area contributed by atoms with E-state index in [9.17, 15) is 10.1 Å². The van der Waals surface area contributed by atoms with Crippen LogP contribution in [0, 0.1) is 11.3 Å². The van der Waals surface area contributed by atoms with E-state index in [4.69, 9.17) is 4.99 Å². The van der Waals surface area contributed by atoms with Gasteiger partial charge in [-0.2, -0.15) is 5.26 Å². The molecule has 4 aromatic rings. The number of carbonyl (C=O) groups is 1. The Labute approximate surface area is 188 Å². The molecule has 0 heterocycles. The van der Waals surface area contributed by atoms with E-state index in [1.807, 2.05) is 84.9 Å². The van der Waals surface area contributed by atoms with E-state index in [0.29, 0.717) is 5.56 Å². The Balaban J connectivity index is 1.68. The van der Waals surface area contributed by atoms with Gasteiger partial charge >= 0.3 is 0 Å². The molecule has 4 aromatic carbocycles. The lowest BCUT2D eigenvalue weighted by Crippen LogP contribution is -2.31. The van der Waals surface area contributed by atoms with Crippen molar-refractivity contribution in [2.24, 2.45) is 4.99 Å². The summed E-state index contributed by atoms with van der Waals surface area (Å²) in [5.74, 6) is -0.375. The van der Waals surface area contributed by atoms with E-state index in [1.165, 1.54) is 0 Å². The molecule has 4 rings (SSSR count). The standard InChI is InChI=1S/C29H24N2O/c1-29(21-30,31-20-22-16-17-23-10-8-9-15-26(23)18-22)27(24-11-4-2-5-12-24)19-28(32)25-13-6-3-7-14-25/h2-18,20,27H,19H2,1H3/t27-,29-/m0/s1. The Hall–Kier alpha value is -4.03. The van der Waals surface area contributed by atoms with Gasteiger partial charge in [-0.1, -0.05) is 97.1 Å². The molecule has 0 saturated carbocycles. The molecule has 32 heavy (non-hydrogen) atoms. The molecule has 0 fully saturated rings. The zero-order valence-electron chi connectivity index (χ0n) is 18.0.